The molecule has 0 bridgehead atoms. The Bertz CT molecular complexity index is 461. The molecule has 1 aliphatic heterocycles. The first-order valence-electron chi connectivity index (χ1n) is 6.32. The summed E-state index contributed by atoms with van der Waals surface area (Å²) in [4.78, 5) is 1.85. The van der Waals surface area contributed by atoms with Gasteiger partial charge in [0.2, 0.25) is 0 Å². The van der Waals surface area contributed by atoms with Crippen molar-refractivity contribution in [1.29, 1.82) is 0 Å². The Hall–Kier alpha value is -1.37. The molecule has 1 saturated heterocycles. The van der Waals surface area contributed by atoms with Gasteiger partial charge in [-0.15, -0.1) is 0 Å². The molecule has 1 atom stereocenters. The van der Waals surface area contributed by atoms with Crippen LogP contribution in [0.2, 0.25) is 0 Å². The molecule has 20 heavy (non-hydrogen) atoms. The monoisotopic (exact) mass is 294 g/mol. The molecule has 0 amide bonds. The van der Waals surface area contributed by atoms with E-state index in [1.807, 2.05) is 4.90 Å². The fourth-order valence-electron chi connectivity index (χ4n) is 2.33. The minimum Gasteiger partial charge on any atom is -0.371 e. The highest BCUT2D eigenvalue weighted by atomic mass is 19.4. The van der Waals surface area contributed by atoms with E-state index in [0.29, 0.717) is 18.8 Å². The van der Waals surface area contributed by atoms with Gasteiger partial charge in [0.1, 0.15) is 0 Å². The Labute approximate surface area is 113 Å². The van der Waals surface area contributed by atoms with E-state index in [0.717, 1.165) is 18.6 Å². The molecule has 1 aliphatic rings. The highest BCUT2D eigenvalue weighted by Crippen LogP contribution is 2.25. The molecule has 2 rings (SSSR count). The standard InChI is InChI=1S/C13H15F5N2/c14-11-2-1-10(5-12(11)15)20-4-3-9(7-20)6-19-8-13(16,17)18/h1-2,5,9,19H,3-4,6-8H2. The molecule has 1 heterocycles. The minimum absolute atomic E-state index is 0.0745. The zero-order chi connectivity index (χ0) is 14.8. The second-order valence-electron chi connectivity index (χ2n) is 4.95. The second-order valence-corrected chi connectivity index (χ2v) is 4.95. The van der Waals surface area contributed by atoms with Gasteiger partial charge in [0.25, 0.3) is 0 Å². The van der Waals surface area contributed by atoms with Crippen LogP contribution in [0.5, 0.6) is 0 Å². The van der Waals surface area contributed by atoms with Gasteiger partial charge >= 0.3 is 6.18 Å². The second kappa shape index (κ2) is 5.95. The lowest BCUT2D eigenvalue weighted by Gasteiger charge is -2.19. The molecular formula is C13H15F5N2. The van der Waals surface area contributed by atoms with Crippen LogP contribution in [0.4, 0.5) is 27.6 Å². The van der Waals surface area contributed by atoms with Gasteiger partial charge in [-0.25, -0.2) is 8.78 Å². The van der Waals surface area contributed by atoms with Crippen LogP contribution in [0, 0.1) is 17.6 Å². The van der Waals surface area contributed by atoms with E-state index in [9.17, 15) is 22.0 Å². The molecule has 1 fully saturated rings. The van der Waals surface area contributed by atoms with Gasteiger partial charge in [0.15, 0.2) is 11.6 Å². The van der Waals surface area contributed by atoms with Crippen LogP contribution >= 0.6 is 0 Å². The molecule has 1 unspecified atom stereocenters. The molecule has 0 saturated carbocycles. The largest absolute Gasteiger partial charge is 0.401 e. The van der Waals surface area contributed by atoms with Crippen molar-refractivity contribution < 1.29 is 22.0 Å². The lowest BCUT2D eigenvalue weighted by Crippen LogP contribution is -2.33. The van der Waals surface area contributed by atoms with Gasteiger partial charge in [-0.2, -0.15) is 13.2 Å². The molecule has 0 radical (unpaired) electrons. The van der Waals surface area contributed by atoms with E-state index in [1.54, 1.807) is 0 Å². The van der Waals surface area contributed by atoms with Gasteiger partial charge < -0.3 is 10.2 Å². The number of benzene rings is 1. The topological polar surface area (TPSA) is 15.3 Å². The summed E-state index contributed by atoms with van der Waals surface area (Å²) in [6, 6.07) is 3.64. The molecule has 1 aromatic rings. The summed E-state index contributed by atoms with van der Waals surface area (Å²) < 4.78 is 62.0. The summed E-state index contributed by atoms with van der Waals surface area (Å²) in [5.41, 5.74) is 0.558. The van der Waals surface area contributed by atoms with E-state index in [2.05, 4.69) is 5.32 Å². The number of rotatable bonds is 4. The fraction of sp³-hybridized carbons (Fsp3) is 0.538. The molecule has 112 valence electrons. The summed E-state index contributed by atoms with van der Waals surface area (Å²) in [6.45, 7) is 0.424. The molecule has 0 aliphatic carbocycles. The minimum atomic E-state index is -4.21. The average molecular weight is 294 g/mol. The van der Waals surface area contributed by atoms with Gasteiger partial charge in [-0.05, 0) is 24.5 Å². The fourth-order valence-corrected chi connectivity index (χ4v) is 2.33. The maximum absolute atomic E-state index is 13.1. The quantitative estimate of drug-likeness (QED) is 0.859. The normalized spacial score (nSPS) is 19.6. The Morgan fingerprint density at radius 2 is 1.95 bits per heavy atom. The van der Waals surface area contributed by atoms with E-state index in [4.69, 9.17) is 0 Å². The van der Waals surface area contributed by atoms with E-state index in [-0.39, 0.29) is 12.5 Å². The van der Waals surface area contributed by atoms with Crippen LogP contribution in [0.3, 0.4) is 0 Å². The molecule has 7 heteroatoms. The summed E-state index contributed by atoms with van der Waals surface area (Å²) >= 11 is 0. The van der Waals surface area contributed by atoms with Gasteiger partial charge in [-0.1, -0.05) is 0 Å². The zero-order valence-electron chi connectivity index (χ0n) is 10.7. The predicted octanol–water partition coefficient (Wildman–Crippen LogP) is 2.94. The van der Waals surface area contributed by atoms with E-state index in [1.165, 1.54) is 6.07 Å². The lowest BCUT2D eigenvalue weighted by molar-refractivity contribution is -0.125. The molecule has 2 nitrogen and oxygen atoms in total. The van der Waals surface area contributed by atoms with Crippen molar-refractivity contribution in [2.24, 2.45) is 5.92 Å². The van der Waals surface area contributed by atoms with Crippen LogP contribution in [0.15, 0.2) is 18.2 Å². The van der Waals surface area contributed by atoms with Crippen LogP contribution in [0.1, 0.15) is 6.42 Å². The van der Waals surface area contributed by atoms with E-state index >= 15 is 0 Å². The third-order valence-electron chi connectivity index (χ3n) is 3.31. The average Bonchev–Trinajstić information content (AvgIpc) is 2.80. The maximum atomic E-state index is 13.1. The summed E-state index contributed by atoms with van der Waals surface area (Å²) in [7, 11) is 0. The first-order chi connectivity index (χ1) is 9.35. The number of hydrogen-bond donors (Lipinski definition) is 1. The van der Waals surface area contributed by atoms with Crippen LogP contribution in [-0.2, 0) is 0 Å². The molecule has 0 spiro atoms. The van der Waals surface area contributed by atoms with Crippen molar-refractivity contribution in [3.8, 4) is 0 Å². The smallest absolute Gasteiger partial charge is 0.371 e. The third-order valence-corrected chi connectivity index (χ3v) is 3.31. The number of halogens is 5. The predicted molar refractivity (Wildman–Crippen MR) is 65.6 cm³/mol. The van der Waals surface area contributed by atoms with Gasteiger partial charge in [-0.3, -0.25) is 0 Å². The molecule has 1 N–H and O–H groups in total. The first-order valence-corrected chi connectivity index (χ1v) is 6.32. The Morgan fingerprint density at radius 3 is 2.60 bits per heavy atom. The Morgan fingerprint density at radius 1 is 1.20 bits per heavy atom. The summed E-state index contributed by atoms with van der Waals surface area (Å²) in [5, 5.41) is 2.37. The van der Waals surface area contributed by atoms with Crippen LogP contribution in [-0.4, -0.2) is 32.4 Å². The third kappa shape index (κ3) is 4.06. The van der Waals surface area contributed by atoms with Crippen molar-refractivity contribution in [3.63, 3.8) is 0 Å². The lowest BCUT2D eigenvalue weighted by atomic mass is 10.1. The number of hydrogen-bond acceptors (Lipinski definition) is 2. The van der Waals surface area contributed by atoms with Crippen LogP contribution in [0.25, 0.3) is 0 Å². The van der Waals surface area contributed by atoms with Crippen molar-refractivity contribution in [2.45, 2.75) is 12.6 Å². The number of nitrogens with one attached hydrogen (secondary N) is 1. The van der Waals surface area contributed by atoms with E-state index < -0.39 is 24.4 Å². The SMILES string of the molecule is Fc1ccc(N2CCC(CNCC(F)(F)F)C2)cc1F. The highest BCUT2D eigenvalue weighted by molar-refractivity contribution is 5.47. The molecular weight excluding hydrogens is 279 g/mol. The summed E-state index contributed by atoms with van der Waals surface area (Å²) in [5.74, 6) is -1.75. The van der Waals surface area contributed by atoms with Crippen molar-refractivity contribution in [3.05, 3.63) is 29.8 Å². The van der Waals surface area contributed by atoms with Crippen LogP contribution < -0.4 is 10.2 Å². The highest BCUT2D eigenvalue weighted by Gasteiger charge is 2.28. The van der Waals surface area contributed by atoms with Crippen molar-refractivity contribution in [2.75, 3.05) is 31.1 Å². The number of anilines is 1. The van der Waals surface area contributed by atoms with Crippen molar-refractivity contribution >= 4 is 5.69 Å². The van der Waals surface area contributed by atoms with Crippen molar-refractivity contribution in [1.82, 2.24) is 5.32 Å². The molecule has 1 aromatic carbocycles. The Kier molecular flexibility index (Phi) is 4.47. The Balaban J connectivity index is 1.84. The zero-order valence-corrected chi connectivity index (χ0v) is 10.7. The van der Waals surface area contributed by atoms with Gasteiger partial charge in [0, 0.05) is 31.4 Å². The number of nitrogens with zero attached hydrogens (tertiary/aromatic N) is 1. The maximum Gasteiger partial charge on any atom is 0.401 e. The van der Waals surface area contributed by atoms with Gasteiger partial charge in [0.05, 0.1) is 6.54 Å². The number of alkyl halides is 3. The summed E-state index contributed by atoms with van der Waals surface area (Å²) in [6.07, 6.45) is -3.48. The molecule has 0 aromatic heterocycles. The first kappa shape index (κ1) is 15.0.